The summed E-state index contributed by atoms with van der Waals surface area (Å²) < 4.78 is 0. The van der Waals surface area contributed by atoms with Crippen LogP contribution in [-0.4, -0.2) is 9.97 Å². The average Bonchev–Trinajstić information content (AvgIpc) is 3.24. The smallest absolute Gasteiger partial charge is 0.145 e. The van der Waals surface area contributed by atoms with Crippen LogP contribution in [0.1, 0.15) is 50.7 Å². The van der Waals surface area contributed by atoms with Gasteiger partial charge in [-0.05, 0) is 40.7 Å². The monoisotopic (exact) mass is 625 g/mol. The van der Waals surface area contributed by atoms with Crippen molar-refractivity contribution in [3.05, 3.63) is 103 Å². The molecule has 0 N–H and O–H groups in total. The van der Waals surface area contributed by atoms with Gasteiger partial charge >= 0.3 is 0 Å². The molecule has 0 saturated carbocycles. The van der Waals surface area contributed by atoms with Crippen molar-refractivity contribution in [1.82, 2.24) is 9.97 Å². The van der Waals surface area contributed by atoms with Crippen molar-refractivity contribution in [2.24, 2.45) is 0 Å². The van der Waals surface area contributed by atoms with Crippen molar-refractivity contribution in [1.29, 1.82) is 0 Å². The van der Waals surface area contributed by atoms with Gasteiger partial charge in [-0.3, -0.25) is 0 Å². The fraction of sp³-hybridized carbons (Fsp3) is 0.207. The number of rotatable bonds is 5. The summed E-state index contributed by atoms with van der Waals surface area (Å²) in [5, 5.41) is 0. The molecule has 0 saturated heterocycles. The zero-order chi connectivity index (χ0) is 22.9. The van der Waals surface area contributed by atoms with Gasteiger partial charge in [0.25, 0.3) is 0 Å². The fourth-order valence-electron chi connectivity index (χ4n) is 4.47. The molecule has 0 spiro atoms. The first-order valence-electron chi connectivity index (χ1n) is 11.5. The SMILES string of the molecule is CC(C)c1cccc(C(C)C)c1-c1cc[c-]c(N2[CH-]N(c3ccccc3)c3nccnc32)c1.[Ir]. The molecule has 34 heavy (non-hydrogen) atoms. The Morgan fingerprint density at radius 2 is 1.38 bits per heavy atom. The van der Waals surface area contributed by atoms with Crippen molar-refractivity contribution in [3.63, 3.8) is 0 Å². The fourth-order valence-corrected chi connectivity index (χ4v) is 4.47. The maximum atomic E-state index is 4.66. The first-order chi connectivity index (χ1) is 16.0. The Hall–Kier alpha value is -3.01. The molecule has 2 heterocycles. The van der Waals surface area contributed by atoms with Gasteiger partial charge < -0.3 is 9.80 Å². The van der Waals surface area contributed by atoms with E-state index in [9.17, 15) is 0 Å². The topological polar surface area (TPSA) is 32.3 Å². The van der Waals surface area contributed by atoms with Crippen LogP contribution in [0.5, 0.6) is 0 Å². The number of para-hydroxylation sites is 1. The average molecular weight is 625 g/mol. The summed E-state index contributed by atoms with van der Waals surface area (Å²) in [4.78, 5) is 13.4. The normalized spacial score (nSPS) is 12.8. The van der Waals surface area contributed by atoms with E-state index >= 15 is 0 Å². The second kappa shape index (κ2) is 10.1. The van der Waals surface area contributed by atoms with Crippen LogP contribution in [-0.2, 0) is 20.1 Å². The Balaban J connectivity index is 0.00000274. The first-order valence-corrected chi connectivity index (χ1v) is 11.5. The standard InChI is InChI=1S/C29H28N4.Ir/c1-20(2)25-14-9-15-26(21(3)4)27(25)22-10-8-13-24(18-22)33-19-32(23-11-6-5-7-12-23)28-29(33)31-17-16-30-28;/h5-12,14-21H,1-4H3;/q-2;. The van der Waals surface area contributed by atoms with Crippen LogP contribution in [0.15, 0.2) is 79.1 Å². The van der Waals surface area contributed by atoms with E-state index < -0.39 is 0 Å². The molecular weight excluding hydrogens is 597 g/mol. The van der Waals surface area contributed by atoms with E-state index in [1.54, 1.807) is 12.4 Å². The zero-order valence-electron chi connectivity index (χ0n) is 19.9. The third-order valence-corrected chi connectivity index (χ3v) is 6.09. The molecule has 5 rings (SSSR count). The summed E-state index contributed by atoms with van der Waals surface area (Å²) in [5.41, 5.74) is 7.26. The molecular formula is C29H28IrN4-2. The van der Waals surface area contributed by atoms with Crippen LogP contribution in [0.4, 0.5) is 23.0 Å². The van der Waals surface area contributed by atoms with E-state index in [-0.39, 0.29) is 20.1 Å². The Labute approximate surface area is 216 Å². The molecule has 1 radical (unpaired) electrons. The Kier molecular flexibility index (Phi) is 7.16. The quantitative estimate of drug-likeness (QED) is 0.214. The summed E-state index contributed by atoms with van der Waals surface area (Å²) in [6.45, 7) is 11.1. The summed E-state index contributed by atoms with van der Waals surface area (Å²) in [5.74, 6) is 2.48. The molecule has 0 atom stereocenters. The van der Waals surface area contributed by atoms with E-state index in [0.29, 0.717) is 11.8 Å². The molecule has 4 aromatic rings. The molecule has 0 fully saturated rings. The minimum absolute atomic E-state index is 0. The number of hydrogen-bond acceptors (Lipinski definition) is 4. The summed E-state index contributed by atoms with van der Waals surface area (Å²) in [6, 6.07) is 26.8. The van der Waals surface area contributed by atoms with E-state index in [4.69, 9.17) is 0 Å². The molecule has 1 aromatic heterocycles. The Bertz CT molecular complexity index is 1240. The van der Waals surface area contributed by atoms with E-state index in [0.717, 1.165) is 23.0 Å². The largest absolute Gasteiger partial charge is 0.477 e. The molecule has 0 amide bonds. The number of nitrogens with zero attached hydrogens (tertiary/aromatic N) is 4. The van der Waals surface area contributed by atoms with Gasteiger partial charge in [-0.1, -0.05) is 64.1 Å². The van der Waals surface area contributed by atoms with Crippen molar-refractivity contribution in [2.45, 2.75) is 39.5 Å². The molecule has 4 nitrogen and oxygen atoms in total. The molecule has 0 bridgehead atoms. The number of aromatic nitrogens is 2. The number of fused-ring (bicyclic) bond motifs is 1. The van der Waals surface area contributed by atoms with Crippen LogP contribution in [0, 0.1) is 12.7 Å². The van der Waals surface area contributed by atoms with Crippen LogP contribution >= 0.6 is 0 Å². The predicted octanol–water partition coefficient (Wildman–Crippen LogP) is 7.60. The second-order valence-electron chi connectivity index (χ2n) is 8.98. The van der Waals surface area contributed by atoms with Crippen molar-refractivity contribution in [2.75, 3.05) is 9.80 Å². The van der Waals surface area contributed by atoms with Gasteiger partial charge in [-0.25, -0.2) is 9.97 Å². The van der Waals surface area contributed by atoms with Crippen molar-refractivity contribution < 1.29 is 20.1 Å². The van der Waals surface area contributed by atoms with Crippen LogP contribution in [0.25, 0.3) is 11.1 Å². The predicted molar refractivity (Wildman–Crippen MR) is 136 cm³/mol. The minimum atomic E-state index is 0. The molecule has 1 aliphatic rings. The van der Waals surface area contributed by atoms with Gasteiger partial charge in [0, 0.05) is 38.2 Å². The summed E-state index contributed by atoms with van der Waals surface area (Å²) in [6.07, 6.45) is 3.48. The number of anilines is 4. The van der Waals surface area contributed by atoms with Gasteiger partial charge in [0.2, 0.25) is 0 Å². The third kappa shape index (κ3) is 4.38. The Morgan fingerprint density at radius 1 is 0.765 bits per heavy atom. The van der Waals surface area contributed by atoms with E-state index in [1.165, 1.54) is 22.3 Å². The zero-order valence-corrected chi connectivity index (χ0v) is 22.3. The number of benzene rings is 3. The number of hydrogen-bond donors (Lipinski definition) is 0. The van der Waals surface area contributed by atoms with Gasteiger partial charge in [-0.2, -0.15) is 18.2 Å². The second-order valence-corrected chi connectivity index (χ2v) is 8.98. The third-order valence-electron chi connectivity index (χ3n) is 6.09. The van der Waals surface area contributed by atoms with E-state index in [1.807, 2.05) is 30.9 Å². The molecule has 0 aliphatic carbocycles. The first kappa shape index (κ1) is 24.1. The molecule has 1 aliphatic heterocycles. The van der Waals surface area contributed by atoms with E-state index in [2.05, 4.69) is 96.0 Å². The maximum Gasteiger partial charge on any atom is 0.145 e. The molecule has 3 aromatic carbocycles. The van der Waals surface area contributed by atoms with Gasteiger partial charge in [0.1, 0.15) is 11.6 Å². The molecule has 175 valence electrons. The van der Waals surface area contributed by atoms with Crippen LogP contribution in [0.2, 0.25) is 0 Å². The minimum Gasteiger partial charge on any atom is -0.477 e. The van der Waals surface area contributed by atoms with Crippen molar-refractivity contribution in [3.8, 4) is 11.1 Å². The maximum absolute atomic E-state index is 4.66. The summed E-state index contributed by atoms with van der Waals surface area (Å²) in [7, 11) is 0. The van der Waals surface area contributed by atoms with Gasteiger partial charge in [0.05, 0.1) is 0 Å². The van der Waals surface area contributed by atoms with Crippen LogP contribution < -0.4 is 9.80 Å². The summed E-state index contributed by atoms with van der Waals surface area (Å²) >= 11 is 0. The van der Waals surface area contributed by atoms with Crippen molar-refractivity contribution >= 4 is 23.0 Å². The van der Waals surface area contributed by atoms with Crippen LogP contribution in [0.3, 0.4) is 0 Å². The molecule has 0 unspecified atom stereocenters. The van der Waals surface area contributed by atoms with Gasteiger partial charge in [-0.15, -0.1) is 24.0 Å². The van der Waals surface area contributed by atoms with Gasteiger partial charge in [0.15, 0.2) is 0 Å². The Morgan fingerprint density at radius 3 is 2.00 bits per heavy atom. The molecule has 5 heteroatoms.